The Morgan fingerprint density at radius 1 is 1.24 bits per heavy atom. The van der Waals surface area contributed by atoms with Crippen molar-refractivity contribution in [3.05, 3.63) is 28.9 Å². The molecule has 4 rings (SSSR count). The van der Waals surface area contributed by atoms with Crippen LogP contribution < -0.4 is 16.1 Å². The second-order valence-electron chi connectivity index (χ2n) is 9.58. The van der Waals surface area contributed by atoms with E-state index in [1.54, 1.807) is 18.3 Å². The molecule has 1 unspecified atom stereocenters. The van der Waals surface area contributed by atoms with E-state index in [-0.39, 0.29) is 5.78 Å². The Bertz CT molecular complexity index is 876. The molecule has 3 fully saturated rings. The highest BCUT2D eigenvalue weighted by atomic mass is 35.5. The lowest BCUT2D eigenvalue weighted by atomic mass is 9.80. The number of carbonyl (C=O) groups is 2. The van der Waals surface area contributed by atoms with E-state index in [0.717, 1.165) is 38.6 Å². The van der Waals surface area contributed by atoms with Crippen LogP contribution in [0.15, 0.2) is 18.3 Å². The molecule has 1 aliphatic carbocycles. The number of hydroxylamine groups is 1. The Morgan fingerprint density at radius 3 is 2.76 bits per heavy atom. The van der Waals surface area contributed by atoms with E-state index in [9.17, 15) is 9.59 Å². The van der Waals surface area contributed by atoms with E-state index >= 15 is 0 Å². The summed E-state index contributed by atoms with van der Waals surface area (Å²) in [7, 11) is 0. The van der Waals surface area contributed by atoms with Gasteiger partial charge in [0.25, 0.3) is 5.91 Å². The first-order valence-corrected chi connectivity index (χ1v) is 12.8. The maximum absolute atomic E-state index is 13.3. The van der Waals surface area contributed by atoms with Crippen molar-refractivity contribution in [3.8, 4) is 0 Å². The molecule has 1 aromatic rings. The number of pyridine rings is 1. The molecule has 0 radical (unpaired) electrons. The molecule has 3 heterocycles. The molecule has 0 bridgehead atoms. The first-order valence-electron chi connectivity index (χ1n) is 12.5. The van der Waals surface area contributed by atoms with Crippen LogP contribution in [0.3, 0.4) is 0 Å². The monoisotopic (exact) mass is 490 g/mol. The number of ketones is 1. The summed E-state index contributed by atoms with van der Waals surface area (Å²) in [5.74, 6) is 0.819. The number of aromatic nitrogens is 1. The predicted octanol–water partition coefficient (Wildman–Crippen LogP) is 4.01. The second kappa shape index (κ2) is 12.1. The number of nitrogens with one attached hydrogen (secondary N) is 3. The van der Waals surface area contributed by atoms with Crippen LogP contribution >= 0.6 is 11.6 Å². The van der Waals surface area contributed by atoms with Gasteiger partial charge in [0.15, 0.2) is 12.1 Å². The number of ether oxygens (including phenoxy) is 1. The highest BCUT2D eigenvalue weighted by Crippen LogP contribution is 2.32. The quantitative estimate of drug-likeness (QED) is 0.355. The number of nitrogens with zero attached hydrogens (tertiary/aromatic N) is 1. The number of Topliss-reactive ketones (excluding diaryl/α,β-unsaturated/α-hetero) is 1. The van der Waals surface area contributed by atoms with Crippen molar-refractivity contribution in [3.63, 3.8) is 0 Å². The van der Waals surface area contributed by atoms with Crippen LogP contribution in [0.5, 0.6) is 0 Å². The van der Waals surface area contributed by atoms with Crippen molar-refractivity contribution in [2.45, 2.75) is 76.0 Å². The van der Waals surface area contributed by atoms with Gasteiger partial charge in [-0.05, 0) is 49.4 Å². The fourth-order valence-electron chi connectivity index (χ4n) is 4.95. The average molecular weight is 491 g/mol. The zero-order chi connectivity index (χ0) is 23.8. The van der Waals surface area contributed by atoms with Gasteiger partial charge in [0.05, 0.1) is 5.02 Å². The smallest absolute Gasteiger partial charge is 0.267 e. The Morgan fingerprint density at radius 2 is 2.06 bits per heavy atom. The third-order valence-corrected chi connectivity index (χ3v) is 7.25. The van der Waals surface area contributed by atoms with Gasteiger partial charge in [-0.3, -0.25) is 9.59 Å². The zero-order valence-corrected chi connectivity index (χ0v) is 20.4. The lowest BCUT2D eigenvalue weighted by Crippen LogP contribution is -2.49. The summed E-state index contributed by atoms with van der Waals surface area (Å²) in [5, 5.41) is 7.10. The maximum Gasteiger partial charge on any atom is 0.267 e. The van der Waals surface area contributed by atoms with Gasteiger partial charge in [-0.25, -0.2) is 15.3 Å². The summed E-state index contributed by atoms with van der Waals surface area (Å²) in [6, 6.07) is 1.73. The predicted molar refractivity (Wildman–Crippen MR) is 131 cm³/mol. The number of hydrogen-bond acceptors (Lipinski definition) is 7. The van der Waals surface area contributed by atoms with E-state index in [4.69, 9.17) is 21.2 Å². The number of carbonyl (C=O) groups excluding carboxylic acids is 2. The number of halogens is 1. The minimum Gasteiger partial charge on any atom is -0.355 e. The molecule has 34 heavy (non-hydrogen) atoms. The molecule has 2 saturated heterocycles. The standard InChI is InChI=1S/C25H35ClN4O4/c26-20-14-19(9-10-22(32)30-34-23-8-4-5-13-33-23)16-28-24(20)29-25(11-12-27-17-25)21(31)15-18-6-2-1-3-7-18/h9-10,14,16,18,23,27H,1-8,11-13,15,17H2,(H,28,29)(H,30,32)/b10-9+/t23?,25-/m1/s1. The summed E-state index contributed by atoms with van der Waals surface area (Å²) in [5.41, 5.74) is 2.38. The lowest BCUT2D eigenvalue weighted by Gasteiger charge is -2.31. The number of anilines is 1. The highest BCUT2D eigenvalue weighted by molar-refractivity contribution is 6.33. The molecule has 186 valence electrons. The molecule has 1 aromatic heterocycles. The van der Waals surface area contributed by atoms with E-state index in [2.05, 4.69) is 21.1 Å². The Kier molecular flexibility index (Phi) is 8.94. The third kappa shape index (κ3) is 6.78. The number of rotatable bonds is 9. The van der Waals surface area contributed by atoms with Crippen molar-refractivity contribution in [1.29, 1.82) is 0 Å². The summed E-state index contributed by atoms with van der Waals surface area (Å²) in [6.07, 6.45) is 14.3. The van der Waals surface area contributed by atoms with Crippen molar-refractivity contribution in [2.75, 3.05) is 25.0 Å². The van der Waals surface area contributed by atoms with Crippen LogP contribution in [0.1, 0.15) is 69.8 Å². The summed E-state index contributed by atoms with van der Waals surface area (Å²) in [4.78, 5) is 35.1. The Hall–Kier alpha value is -2.00. The molecule has 1 saturated carbocycles. The van der Waals surface area contributed by atoms with E-state index in [1.165, 1.54) is 25.3 Å². The van der Waals surface area contributed by atoms with Crippen LogP contribution in [0.25, 0.3) is 6.08 Å². The largest absolute Gasteiger partial charge is 0.355 e. The molecule has 9 heteroatoms. The normalized spacial score (nSPS) is 26.0. The Balaban J connectivity index is 1.34. The van der Waals surface area contributed by atoms with Crippen LogP contribution in [0, 0.1) is 5.92 Å². The van der Waals surface area contributed by atoms with Crippen molar-refractivity contribution >= 4 is 35.2 Å². The summed E-state index contributed by atoms with van der Waals surface area (Å²) < 4.78 is 5.42. The van der Waals surface area contributed by atoms with Gasteiger partial charge in [-0.1, -0.05) is 43.7 Å². The number of amides is 1. The molecule has 3 N–H and O–H groups in total. The minimum atomic E-state index is -0.677. The summed E-state index contributed by atoms with van der Waals surface area (Å²) in [6.45, 7) is 2.00. The summed E-state index contributed by atoms with van der Waals surface area (Å²) >= 11 is 6.51. The van der Waals surface area contributed by atoms with Gasteiger partial charge < -0.3 is 15.4 Å². The molecule has 2 aliphatic heterocycles. The molecule has 2 atom stereocenters. The van der Waals surface area contributed by atoms with Gasteiger partial charge in [0.2, 0.25) is 0 Å². The minimum absolute atomic E-state index is 0.241. The van der Waals surface area contributed by atoms with Gasteiger partial charge in [-0.15, -0.1) is 0 Å². The van der Waals surface area contributed by atoms with E-state index in [1.807, 2.05) is 0 Å². The first kappa shape index (κ1) is 25.1. The number of hydrogen-bond donors (Lipinski definition) is 3. The second-order valence-corrected chi connectivity index (χ2v) is 9.99. The van der Waals surface area contributed by atoms with Crippen molar-refractivity contribution in [1.82, 2.24) is 15.8 Å². The zero-order valence-electron chi connectivity index (χ0n) is 19.6. The van der Waals surface area contributed by atoms with Gasteiger partial charge in [-0.2, -0.15) is 0 Å². The molecule has 1 amide bonds. The molecular weight excluding hydrogens is 456 g/mol. The van der Waals surface area contributed by atoms with Gasteiger partial charge in [0.1, 0.15) is 11.4 Å². The SMILES string of the molecule is O=C(/C=C/c1cnc(N[C@]2(C(=O)CC3CCCCC3)CCNC2)c(Cl)c1)NOC1CCCCO1. The first-order chi connectivity index (χ1) is 16.5. The maximum atomic E-state index is 13.3. The fraction of sp³-hybridized carbons (Fsp3) is 0.640. The third-order valence-electron chi connectivity index (χ3n) is 6.96. The Labute approximate surface area is 206 Å². The molecular formula is C25H35ClN4O4. The highest BCUT2D eigenvalue weighted by Gasteiger charge is 2.42. The van der Waals surface area contributed by atoms with Crippen LogP contribution in [-0.2, 0) is 19.2 Å². The van der Waals surface area contributed by atoms with E-state index in [0.29, 0.717) is 48.3 Å². The van der Waals surface area contributed by atoms with Crippen molar-refractivity contribution < 1.29 is 19.2 Å². The van der Waals surface area contributed by atoms with Gasteiger partial charge >= 0.3 is 0 Å². The molecule has 0 aromatic carbocycles. The van der Waals surface area contributed by atoms with E-state index < -0.39 is 17.7 Å². The van der Waals surface area contributed by atoms with Crippen LogP contribution in [0.2, 0.25) is 5.02 Å². The van der Waals surface area contributed by atoms with Crippen LogP contribution in [0.4, 0.5) is 5.82 Å². The molecule has 0 spiro atoms. The topological polar surface area (TPSA) is 102 Å². The lowest BCUT2D eigenvalue weighted by molar-refractivity contribution is -0.198. The molecule has 8 nitrogen and oxygen atoms in total. The molecule has 3 aliphatic rings. The van der Waals surface area contributed by atoms with Gasteiger partial charge in [0, 0.05) is 38.3 Å². The van der Waals surface area contributed by atoms with Crippen molar-refractivity contribution in [2.24, 2.45) is 5.92 Å². The fourth-order valence-corrected chi connectivity index (χ4v) is 5.17. The average Bonchev–Trinajstić information content (AvgIpc) is 3.34. The van der Waals surface area contributed by atoms with Crippen LogP contribution in [-0.4, -0.2) is 48.2 Å².